The number of hydrogen-bond acceptors (Lipinski definition) is 1. The first kappa shape index (κ1) is 11.4. The van der Waals surface area contributed by atoms with Crippen LogP contribution in [0.25, 0.3) is 0 Å². The van der Waals surface area contributed by atoms with Crippen molar-refractivity contribution in [1.82, 2.24) is 0 Å². The highest BCUT2D eigenvalue weighted by atomic mass is 19.2. The fraction of sp³-hybridized carbons (Fsp3) is 0.538. The van der Waals surface area contributed by atoms with E-state index in [0.29, 0.717) is 11.7 Å². The highest BCUT2D eigenvalue weighted by Gasteiger charge is 2.24. The molecule has 0 radical (unpaired) electrons. The van der Waals surface area contributed by atoms with E-state index in [1.807, 2.05) is 0 Å². The number of anilines is 1. The molecule has 0 spiro atoms. The van der Waals surface area contributed by atoms with Gasteiger partial charge in [0.25, 0.3) is 0 Å². The monoisotopic (exact) mass is 225 g/mol. The number of rotatable bonds is 3. The van der Waals surface area contributed by atoms with Crippen LogP contribution in [-0.4, -0.2) is 6.04 Å². The van der Waals surface area contributed by atoms with Crippen molar-refractivity contribution in [3.05, 3.63) is 29.8 Å². The van der Waals surface area contributed by atoms with Crippen molar-refractivity contribution in [2.45, 2.75) is 38.6 Å². The van der Waals surface area contributed by atoms with Gasteiger partial charge in [0, 0.05) is 6.04 Å². The second-order valence-electron chi connectivity index (χ2n) is 4.53. The summed E-state index contributed by atoms with van der Waals surface area (Å²) in [5.41, 5.74) is 0.293. The van der Waals surface area contributed by atoms with E-state index in [-0.39, 0.29) is 0 Å². The second kappa shape index (κ2) is 4.81. The lowest BCUT2D eigenvalue weighted by Gasteiger charge is -2.15. The molecule has 1 nitrogen and oxygen atoms in total. The van der Waals surface area contributed by atoms with Gasteiger partial charge < -0.3 is 5.32 Å². The van der Waals surface area contributed by atoms with Crippen LogP contribution in [0.2, 0.25) is 0 Å². The first-order chi connectivity index (χ1) is 7.70. The van der Waals surface area contributed by atoms with E-state index in [0.717, 1.165) is 24.8 Å². The molecule has 0 aliphatic heterocycles. The summed E-state index contributed by atoms with van der Waals surface area (Å²) in [5.74, 6) is -0.813. The molecule has 1 N–H and O–H groups in total. The Kier molecular flexibility index (Phi) is 3.42. The maximum atomic E-state index is 13.4. The fourth-order valence-corrected chi connectivity index (χ4v) is 2.41. The van der Waals surface area contributed by atoms with Crippen LogP contribution in [0, 0.1) is 17.6 Å². The SMILES string of the molecule is CCC1CCC(Nc2cccc(F)c2F)C1. The fourth-order valence-electron chi connectivity index (χ4n) is 2.41. The molecule has 0 heterocycles. The van der Waals surface area contributed by atoms with Crippen LogP contribution >= 0.6 is 0 Å². The van der Waals surface area contributed by atoms with E-state index >= 15 is 0 Å². The summed E-state index contributed by atoms with van der Waals surface area (Å²) < 4.78 is 26.4. The number of hydrogen-bond donors (Lipinski definition) is 1. The number of nitrogens with one attached hydrogen (secondary N) is 1. The summed E-state index contributed by atoms with van der Waals surface area (Å²) in [7, 11) is 0. The van der Waals surface area contributed by atoms with Crippen molar-refractivity contribution in [2.24, 2.45) is 5.92 Å². The molecule has 2 unspecified atom stereocenters. The second-order valence-corrected chi connectivity index (χ2v) is 4.53. The lowest BCUT2D eigenvalue weighted by Crippen LogP contribution is -2.16. The van der Waals surface area contributed by atoms with Gasteiger partial charge in [-0.15, -0.1) is 0 Å². The van der Waals surface area contributed by atoms with Crippen LogP contribution in [0.15, 0.2) is 18.2 Å². The standard InChI is InChI=1S/C13H17F2N/c1-2-9-6-7-10(8-9)16-12-5-3-4-11(14)13(12)15/h3-5,9-10,16H,2,6-8H2,1H3. The highest BCUT2D eigenvalue weighted by Crippen LogP contribution is 2.30. The van der Waals surface area contributed by atoms with Crippen molar-refractivity contribution in [2.75, 3.05) is 5.32 Å². The zero-order valence-electron chi connectivity index (χ0n) is 9.47. The quantitative estimate of drug-likeness (QED) is 0.821. The average molecular weight is 225 g/mol. The lowest BCUT2D eigenvalue weighted by molar-refractivity contribution is 0.506. The maximum absolute atomic E-state index is 13.4. The van der Waals surface area contributed by atoms with Crippen molar-refractivity contribution in [3.8, 4) is 0 Å². The third kappa shape index (κ3) is 2.34. The Morgan fingerprint density at radius 2 is 2.12 bits per heavy atom. The highest BCUT2D eigenvalue weighted by molar-refractivity contribution is 5.45. The van der Waals surface area contributed by atoms with E-state index in [1.165, 1.54) is 18.9 Å². The molecule has 1 aromatic rings. The molecule has 88 valence electrons. The van der Waals surface area contributed by atoms with Gasteiger partial charge in [-0.3, -0.25) is 0 Å². The summed E-state index contributed by atoms with van der Waals surface area (Å²) in [4.78, 5) is 0. The van der Waals surface area contributed by atoms with Gasteiger partial charge in [-0.05, 0) is 37.3 Å². The van der Waals surface area contributed by atoms with Gasteiger partial charge in [-0.25, -0.2) is 8.78 Å². The summed E-state index contributed by atoms with van der Waals surface area (Å²) in [6, 6.07) is 4.57. The molecule has 0 bridgehead atoms. The van der Waals surface area contributed by atoms with E-state index in [2.05, 4.69) is 12.2 Å². The predicted molar refractivity (Wildman–Crippen MR) is 61.4 cm³/mol. The van der Waals surface area contributed by atoms with Gasteiger partial charge in [0.1, 0.15) is 0 Å². The van der Waals surface area contributed by atoms with Gasteiger partial charge in [0.2, 0.25) is 0 Å². The Balaban J connectivity index is 2.02. The molecule has 1 saturated carbocycles. The van der Waals surface area contributed by atoms with Gasteiger partial charge in [0.15, 0.2) is 11.6 Å². The smallest absolute Gasteiger partial charge is 0.181 e. The molecular formula is C13H17F2N. The third-order valence-corrected chi connectivity index (χ3v) is 3.43. The summed E-state index contributed by atoms with van der Waals surface area (Å²) >= 11 is 0. The van der Waals surface area contributed by atoms with Crippen LogP contribution in [0.3, 0.4) is 0 Å². The summed E-state index contributed by atoms with van der Waals surface area (Å²) in [5, 5.41) is 3.10. The van der Waals surface area contributed by atoms with Crippen molar-refractivity contribution < 1.29 is 8.78 Å². The van der Waals surface area contributed by atoms with Gasteiger partial charge in [-0.1, -0.05) is 19.4 Å². The van der Waals surface area contributed by atoms with Crippen LogP contribution < -0.4 is 5.32 Å². The van der Waals surface area contributed by atoms with Gasteiger partial charge in [0.05, 0.1) is 5.69 Å². The lowest BCUT2D eigenvalue weighted by atomic mass is 10.1. The summed E-state index contributed by atoms with van der Waals surface area (Å²) in [6.45, 7) is 2.18. The number of halogens is 2. The van der Waals surface area contributed by atoms with Crippen LogP contribution in [0.4, 0.5) is 14.5 Å². The normalized spacial score (nSPS) is 24.7. The molecule has 3 heteroatoms. The van der Waals surface area contributed by atoms with Gasteiger partial charge >= 0.3 is 0 Å². The topological polar surface area (TPSA) is 12.0 Å². The van der Waals surface area contributed by atoms with Crippen molar-refractivity contribution in [3.63, 3.8) is 0 Å². The molecule has 2 rings (SSSR count). The molecule has 0 aromatic heterocycles. The van der Waals surface area contributed by atoms with E-state index in [4.69, 9.17) is 0 Å². The van der Waals surface area contributed by atoms with Crippen LogP contribution in [0.1, 0.15) is 32.6 Å². The largest absolute Gasteiger partial charge is 0.380 e. The molecule has 1 fully saturated rings. The molecule has 0 amide bonds. The first-order valence-corrected chi connectivity index (χ1v) is 5.91. The Bertz CT molecular complexity index is 365. The Morgan fingerprint density at radius 1 is 1.31 bits per heavy atom. The minimum atomic E-state index is -0.782. The molecule has 2 atom stereocenters. The van der Waals surface area contributed by atoms with Crippen LogP contribution in [-0.2, 0) is 0 Å². The van der Waals surface area contributed by atoms with Crippen LogP contribution in [0.5, 0.6) is 0 Å². The minimum absolute atomic E-state index is 0.293. The Morgan fingerprint density at radius 3 is 2.81 bits per heavy atom. The average Bonchev–Trinajstić information content (AvgIpc) is 2.73. The van der Waals surface area contributed by atoms with Gasteiger partial charge in [-0.2, -0.15) is 0 Å². The molecule has 1 aromatic carbocycles. The molecule has 1 aliphatic carbocycles. The maximum Gasteiger partial charge on any atom is 0.181 e. The van der Waals surface area contributed by atoms with E-state index in [9.17, 15) is 8.78 Å². The Labute approximate surface area is 94.9 Å². The predicted octanol–water partition coefficient (Wildman–Crippen LogP) is 3.96. The summed E-state index contributed by atoms with van der Waals surface area (Å²) in [6.07, 6.45) is 4.47. The molecule has 1 aliphatic rings. The molecule has 0 saturated heterocycles. The Hall–Kier alpha value is -1.12. The van der Waals surface area contributed by atoms with Crippen molar-refractivity contribution in [1.29, 1.82) is 0 Å². The van der Waals surface area contributed by atoms with E-state index in [1.54, 1.807) is 6.07 Å². The molecule has 16 heavy (non-hydrogen) atoms. The third-order valence-electron chi connectivity index (χ3n) is 3.43. The molecular weight excluding hydrogens is 208 g/mol. The zero-order valence-corrected chi connectivity index (χ0v) is 9.47. The first-order valence-electron chi connectivity index (χ1n) is 5.91. The zero-order chi connectivity index (χ0) is 11.5. The minimum Gasteiger partial charge on any atom is -0.380 e. The van der Waals surface area contributed by atoms with Crippen molar-refractivity contribution >= 4 is 5.69 Å². The van der Waals surface area contributed by atoms with E-state index < -0.39 is 11.6 Å². The number of benzene rings is 1.